The lowest BCUT2D eigenvalue weighted by molar-refractivity contribution is -0.302. The Bertz CT molecular complexity index is 1500. The van der Waals surface area contributed by atoms with Crippen molar-refractivity contribution < 1.29 is 39.8 Å². The lowest BCUT2D eigenvalue weighted by atomic mass is 9.99. The van der Waals surface area contributed by atoms with Gasteiger partial charge in [0.2, 0.25) is 5.91 Å². The molecular formula is C66H115NO8. The zero-order chi connectivity index (χ0) is 54.3. The first kappa shape index (κ1) is 70.1. The molecule has 7 atom stereocenters. The predicted molar refractivity (Wildman–Crippen MR) is 318 cm³/mol. The summed E-state index contributed by atoms with van der Waals surface area (Å²) in [6, 6.07) is -0.847. The average Bonchev–Trinajstić information content (AvgIpc) is 3.41. The summed E-state index contributed by atoms with van der Waals surface area (Å²) in [6.45, 7) is 3.64. The SMILES string of the molecule is CC/C=C\C/C=C\C/C=C\C/C=C\C/C=C\CCCCCCCC(=O)NC(COC1OC(CO)C(O)C(O)C1O)C(O)/C=C/CC/C=C/CC/C=C/CCCCCCCCCCCCCCCCCCCCCCC. The van der Waals surface area contributed by atoms with Gasteiger partial charge in [-0.25, -0.2) is 0 Å². The summed E-state index contributed by atoms with van der Waals surface area (Å²) < 4.78 is 11.3. The Balaban J connectivity index is 2.24. The minimum absolute atomic E-state index is 0.212. The lowest BCUT2D eigenvalue weighted by Crippen LogP contribution is -2.60. The highest BCUT2D eigenvalue weighted by molar-refractivity contribution is 5.76. The number of carbonyl (C=O) groups excluding carboxylic acids is 1. The molecule has 0 aliphatic carbocycles. The van der Waals surface area contributed by atoms with Crippen LogP contribution in [0.5, 0.6) is 0 Å². The maximum absolute atomic E-state index is 13.1. The number of ether oxygens (including phenoxy) is 2. The highest BCUT2D eigenvalue weighted by Gasteiger charge is 2.44. The zero-order valence-electron chi connectivity index (χ0n) is 48.0. The summed E-state index contributed by atoms with van der Waals surface area (Å²) in [5.74, 6) is -0.212. The van der Waals surface area contributed by atoms with E-state index in [1.54, 1.807) is 6.08 Å². The van der Waals surface area contributed by atoms with Gasteiger partial charge < -0.3 is 40.3 Å². The third-order valence-corrected chi connectivity index (χ3v) is 14.1. The largest absolute Gasteiger partial charge is 0.394 e. The molecule has 75 heavy (non-hydrogen) atoms. The van der Waals surface area contributed by atoms with Crippen LogP contribution in [0.2, 0.25) is 0 Å². The second-order valence-electron chi connectivity index (χ2n) is 21.1. The molecule has 0 aromatic heterocycles. The molecular weight excluding hydrogens is 935 g/mol. The first-order valence-corrected chi connectivity index (χ1v) is 31.0. The highest BCUT2D eigenvalue weighted by Crippen LogP contribution is 2.23. The normalized spacial score (nSPS) is 19.6. The van der Waals surface area contributed by atoms with Crippen LogP contribution in [0.15, 0.2) is 97.2 Å². The van der Waals surface area contributed by atoms with Gasteiger partial charge in [-0.2, -0.15) is 0 Å². The topological polar surface area (TPSA) is 149 Å². The van der Waals surface area contributed by atoms with Gasteiger partial charge in [0.05, 0.1) is 25.4 Å². The zero-order valence-corrected chi connectivity index (χ0v) is 48.0. The van der Waals surface area contributed by atoms with Crippen LogP contribution in [0.4, 0.5) is 0 Å². The Labute approximate surface area is 460 Å². The summed E-state index contributed by atoms with van der Waals surface area (Å²) in [4.78, 5) is 13.1. The van der Waals surface area contributed by atoms with Crippen LogP contribution in [0.1, 0.15) is 258 Å². The van der Waals surface area contributed by atoms with Crippen molar-refractivity contribution in [1.29, 1.82) is 0 Å². The van der Waals surface area contributed by atoms with E-state index in [-0.39, 0.29) is 12.5 Å². The van der Waals surface area contributed by atoms with E-state index in [4.69, 9.17) is 9.47 Å². The highest BCUT2D eigenvalue weighted by atomic mass is 16.7. The van der Waals surface area contributed by atoms with E-state index in [0.29, 0.717) is 6.42 Å². The molecule has 7 unspecified atom stereocenters. The van der Waals surface area contributed by atoms with Crippen molar-refractivity contribution >= 4 is 5.91 Å². The van der Waals surface area contributed by atoms with E-state index >= 15 is 0 Å². The fourth-order valence-electron chi connectivity index (χ4n) is 9.28. The van der Waals surface area contributed by atoms with Crippen molar-refractivity contribution in [2.75, 3.05) is 13.2 Å². The second kappa shape index (κ2) is 54.5. The Kier molecular flexibility index (Phi) is 50.9. The average molecular weight is 1050 g/mol. The fraction of sp³-hybridized carbons (Fsp3) is 0.742. The number of unbranched alkanes of at least 4 members (excludes halogenated alkanes) is 28. The standard InChI is InChI=1S/C66H115NO8/c1-3-5-7-9-11-13-15-17-19-21-23-25-26-27-28-29-30-31-32-33-34-36-37-39-41-43-45-47-49-51-53-55-60(69)59(58-74-66-65(73)64(72)63(71)61(57-68)75-66)67-62(70)56-54-52-50-48-46-44-42-40-38-35-24-22-20-18-16-14-12-10-8-6-4-2/h6,8,12,14,18,20,24,35,37,39-40,42,45,47,53,55,59-61,63-66,68-69,71-73H,3-5,7,9-11,13,15-17,19,21-23,25-34,36,38,41,43-44,46,48-52,54,56-58H2,1-2H3,(H,67,70)/b8-6-,14-12-,20-18-,35-24-,39-37+,42-40-,47-45+,55-53+. The van der Waals surface area contributed by atoms with Crippen LogP contribution in [-0.4, -0.2) is 87.5 Å². The van der Waals surface area contributed by atoms with Gasteiger partial charge in [-0.1, -0.05) is 259 Å². The van der Waals surface area contributed by atoms with Crippen molar-refractivity contribution in [2.45, 2.75) is 301 Å². The molecule has 1 amide bonds. The molecule has 1 saturated heterocycles. The van der Waals surface area contributed by atoms with Gasteiger partial charge in [-0.05, 0) is 89.9 Å². The molecule has 1 fully saturated rings. The van der Waals surface area contributed by atoms with Gasteiger partial charge in [0.1, 0.15) is 24.4 Å². The van der Waals surface area contributed by atoms with Gasteiger partial charge >= 0.3 is 0 Å². The Morgan fingerprint density at radius 1 is 0.467 bits per heavy atom. The molecule has 0 aromatic rings. The smallest absolute Gasteiger partial charge is 0.220 e. The molecule has 6 N–H and O–H groups in total. The predicted octanol–water partition coefficient (Wildman–Crippen LogP) is 16.0. The first-order chi connectivity index (χ1) is 36.8. The Morgan fingerprint density at radius 3 is 1.28 bits per heavy atom. The molecule has 1 aliphatic heterocycles. The molecule has 1 heterocycles. The lowest BCUT2D eigenvalue weighted by Gasteiger charge is -2.40. The van der Waals surface area contributed by atoms with Gasteiger partial charge in [-0.15, -0.1) is 0 Å². The number of hydrogen-bond acceptors (Lipinski definition) is 8. The third kappa shape index (κ3) is 43.7. The summed E-state index contributed by atoms with van der Waals surface area (Å²) in [7, 11) is 0. The van der Waals surface area contributed by atoms with Crippen LogP contribution in [-0.2, 0) is 14.3 Å². The molecule has 0 spiro atoms. The van der Waals surface area contributed by atoms with Crippen molar-refractivity contribution in [3.8, 4) is 0 Å². The maximum atomic E-state index is 13.1. The van der Waals surface area contributed by atoms with E-state index in [2.05, 4.69) is 104 Å². The molecule has 0 bridgehead atoms. The molecule has 0 saturated carbocycles. The monoisotopic (exact) mass is 1050 g/mol. The third-order valence-electron chi connectivity index (χ3n) is 14.1. The number of rotatable bonds is 52. The summed E-state index contributed by atoms with van der Waals surface area (Å²) >= 11 is 0. The molecule has 1 rings (SSSR count). The number of aliphatic hydroxyl groups excluding tert-OH is 5. The van der Waals surface area contributed by atoms with Crippen molar-refractivity contribution in [1.82, 2.24) is 5.32 Å². The number of carbonyl (C=O) groups is 1. The fourth-order valence-corrected chi connectivity index (χ4v) is 9.28. The number of hydrogen-bond donors (Lipinski definition) is 6. The van der Waals surface area contributed by atoms with E-state index in [1.807, 2.05) is 6.08 Å². The van der Waals surface area contributed by atoms with Crippen LogP contribution >= 0.6 is 0 Å². The van der Waals surface area contributed by atoms with E-state index in [9.17, 15) is 30.3 Å². The number of allylic oxidation sites excluding steroid dienone is 15. The Hall–Kier alpha value is -2.89. The van der Waals surface area contributed by atoms with Crippen LogP contribution < -0.4 is 5.32 Å². The molecule has 1 aliphatic rings. The van der Waals surface area contributed by atoms with E-state index in [0.717, 1.165) is 96.3 Å². The molecule has 9 heteroatoms. The van der Waals surface area contributed by atoms with Crippen molar-refractivity contribution in [2.24, 2.45) is 0 Å². The van der Waals surface area contributed by atoms with Crippen LogP contribution in [0.3, 0.4) is 0 Å². The minimum Gasteiger partial charge on any atom is -0.394 e. The van der Waals surface area contributed by atoms with Crippen molar-refractivity contribution in [3.05, 3.63) is 97.2 Å². The van der Waals surface area contributed by atoms with Crippen molar-refractivity contribution in [3.63, 3.8) is 0 Å². The molecule has 9 nitrogen and oxygen atoms in total. The minimum atomic E-state index is -1.59. The Morgan fingerprint density at radius 2 is 0.840 bits per heavy atom. The quantitative estimate of drug-likeness (QED) is 0.0261. The number of amides is 1. The van der Waals surface area contributed by atoms with Gasteiger partial charge in [-0.3, -0.25) is 4.79 Å². The summed E-state index contributed by atoms with van der Waals surface area (Å²) in [5.41, 5.74) is 0. The maximum Gasteiger partial charge on any atom is 0.220 e. The summed E-state index contributed by atoms with van der Waals surface area (Å²) in [6.07, 6.45) is 72.1. The number of nitrogens with one attached hydrogen (secondary N) is 1. The van der Waals surface area contributed by atoms with Gasteiger partial charge in [0.15, 0.2) is 6.29 Å². The van der Waals surface area contributed by atoms with Crippen LogP contribution in [0, 0.1) is 0 Å². The van der Waals surface area contributed by atoms with Gasteiger partial charge in [0.25, 0.3) is 0 Å². The first-order valence-electron chi connectivity index (χ1n) is 31.0. The molecule has 0 radical (unpaired) electrons. The second-order valence-corrected chi connectivity index (χ2v) is 21.1. The number of aliphatic hydroxyl groups is 5. The molecule has 0 aromatic carbocycles. The molecule has 432 valence electrons. The van der Waals surface area contributed by atoms with Crippen LogP contribution in [0.25, 0.3) is 0 Å². The van der Waals surface area contributed by atoms with Gasteiger partial charge in [0, 0.05) is 6.42 Å². The van der Waals surface area contributed by atoms with E-state index in [1.165, 1.54) is 141 Å². The van der Waals surface area contributed by atoms with E-state index < -0.39 is 49.5 Å². The summed E-state index contributed by atoms with van der Waals surface area (Å²) in [5, 5.41) is 54.5.